The van der Waals surface area contributed by atoms with Crippen molar-refractivity contribution in [2.24, 2.45) is 23.3 Å². The molecule has 2 fully saturated rings. The predicted octanol–water partition coefficient (Wildman–Crippen LogP) is -0.437. The number of likely N-dealkylation sites (tertiary alicyclic amines) is 2. The van der Waals surface area contributed by atoms with Gasteiger partial charge in [0.1, 0.15) is 0 Å². The molecule has 2 saturated heterocycles. The zero-order valence-electron chi connectivity index (χ0n) is 16.8. The molecule has 0 aromatic heterocycles. The summed E-state index contributed by atoms with van der Waals surface area (Å²) in [6.45, 7) is 8.39. The maximum Gasteiger partial charge on any atom is 0.414 e. The van der Waals surface area contributed by atoms with Crippen LogP contribution < -0.4 is 11.5 Å². The molecule has 28 heavy (non-hydrogen) atoms. The minimum Gasteiger partial charge on any atom is -0.473 e. The van der Waals surface area contributed by atoms with Gasteiger partial charge >= 0.3 is 11.9 Å². The van der Waals surface area contributed by atoms with Gasteiger partial charge in [0.25, 0.3) is 0 Å². The summed E-state index contributed by atoms with van der Waals surface area (Å²) in [6.07, 6.45) is 4.32. The Bertz CT molecular complexity index is 466. The molecule has 10 nitrogen and oxygen atoms in total. The third kappa shape index (κ3) is 10.8. The van der Waals surface area contributed by atoms with Gasteiger partial charge < -0.3 is 31.5 Å². The highest BCUT2D eigenvalue weighted by molar-refractivity contribution is 6.27. The lowest BCUT2D eigenvalue weighted by atomic mass is 9.97. The normalized spacial score (nSPS) is 17.6. The summed E-state index contributed by atoms with van der Waals surface area (Å²) in [5, 5.41) is 14.8. The highest BCUT2D eigenvalue weighted by Crippen LogP contribution is 2.16. The van der Waals surface area contributed by atoms with Crippen molar-refractivity contribution >= 4 is 23.8 Å². The fraction of sp³-hybridized carbons (Fsp3) is 0.778. The van der Waals surface area contributed by atoms with Crippen molar-refractivity contribution in [3.8, 4) is 0 Å². The van der Waals surface area contributed by atoms with Gasteiger partial charge in [-0.3, -0.25) is 9.59 Å². The summed E-state index contributed by atoms with van der Waals surface area (Å²) in [6, 6.07) is 0. The number of rotatable bonds is 2. The lowest BCUT2D eigenvalue weighted by Crippen LogP contribution is -2.38. The first-order valence-corrected chi connectivity index (χ1v) is 9.49. The number of nitrogens with two attached hydrogens (primary N) is 2. The fourth-order valence-electron chi connectivity index (χ4n) is 2.97. The number of carboxylic acid groups (broad SMARTS) is 2. The Morgan fingerprint density at radius 2 is 0.964 bits per heavy atom. The maximum absolute atomic E-state index is 10.9. The second-order valence-electron chi connectivity index (χ2n) is 6.98. The molecule has 162 valence electrons. The summed E-state index contributed by atoms with van der Waals surface area (Å²) in [5.74, 6) is -1.97. The van der Waals surface area contributed by atoms with Gasteiger partial charge in [-0.25, -0.2) is 9.59 Å². The van der Waals surface area contributed by atoms with Crippen molar-refractivity contribution in [2.45, 2.75) is 39.5 Å². The number of piperidine rings is 2. The highest BCUT2D eigenvalue weighted by atomic mass is 16.4. The number of aliphatic carboxylic acids is 2. The van der Waals surface area contributed by atoms with Crippen molar-refractivity contribution in [1.29, 1.82) is 0 Å². The van der Waals surface area contributed by atoms with Gasteiger partial charge in [0.15, 0.2) is 0 Å². The second kappa shape index (κ2) is 13.9. The fourth-order valence-corrected chi connectivity index (χ4v) is 2.97. The molecule has 0 radical (unpaired) electrons. The molecular weight excluding hydrogens is 368 g/mol. The van der Waals surface area contributed by atoms with Crippen LogP contribution in [0, 0.1) is 11.8 Å². The van der Waals surface area contributed by atoms with Crippen LogP contribution in [0.25, 0.3) is 0 Å². The monoisotopic (exact) mass is 402 g/mol. The first-order valence-electron chi connectivity index (χ1n) is 9.49. The van der Waals surface area contributed by atoms with E-state index in [1.54, 1.807) is 13.8 Å². The van der Waals surface area contributed by atoms with Crippen LogP contribution in [0.3, 0.4) is 0 Å². The Morgan fingerprint density at radius 1 is 0.714 bits per heavy atom. The molecule has 0 aliphatic carbocycles. The van der Waals surface area contributed by atoms with E-state index < -0.39 is 11.9 Å². The summed E-state index contributed by atoms with van der Waals surface area (Å²) >= 11 is 0. The molecule has 0 aromatic carbocycles. The highest BCUT2D eigenvalue weighted by Gasteiger charge is 2.19. The molecule has 2 aliphatic rings. The van der Waals surface area contributed by atoms with Gasteiger partial charge in [-0.2, -0.15) is 0 Å². The van der Waals surface area contributed by atoms with Crippen LogP contribution in [0.1, 0.15) is 39.5 Å². The van der Waals surface area contributed by atoms with Gasteiger partial charge in [0.2, 0.25) is 11.8 Å². The minimum absolute atomic E-state index is 0.195. The zero-order valence-corrected chi connectivity index (χ0v) is 16.8. The largest absolute Gasteiger partial charge is 0.473 e. The second-order valence-corrected chi connectivity index (χ2v) is 6.98. The van der Waals surface area contributed by atoms with Crippen LogP contribution in [0.4, 0.5) is 0 Å². The van der Waals surface area contributed by atoms with Gasteiger partial charge in [-0.05, 0) is 50.6 Å². The minimum atomic E-state index is -1.82. The molecule has 0 spiro atoms. The van der Waals surface area contributed by atoms with Crippen LogP contribution in [-0.2, 0) is 19.2 Å². The Balaban J connectivity index is 0.000000411. The summed E-state index contributed by atoms with van der Waals surface area (Å²) < 4.78 is 0. The van der Waals surface area contributed by atoms with Gasteiger partial charge in [-0.15, -0.1) is 0 Å². The molecule has 2 heterocycles. The van der Waals surface area contributed by atoms with E-state index in [4.69, 9.17) is 31.3 Å². The van der Waals surface area contributed by atoms with Crippen molar-refractivity contribution in [1.82, 2.24) is 9.80 Å². The van der Waals surface area contributed by atoms with E-state index >= 15 is 0 Å². The van der Waals surface area contributed by atoms with E-state index in [0.29, 0.717) is 11.8 Å². The average Bonchev–Trinajstić information content (AvgIpc) is 2.68. The molecule has 0 aromatic rings. The van der Waals surface area contributed by atoms with Crippen LogP contribution in [0.2, 0.25) is 0 Å². The van der Waals surface area contributed by atoms with Gasteiger partial charge in [0.05, 0.1) is 0 Å². The SMILES string of the molecule is CC(=O)N1CCC(CN)CC1.CC(=O)N1CCC(CN)CC1.O=C(O)C(=O)O. The first kappa shape index (κ1) is 25.8. The molecule has 10 heteroatoms. The molecule has 2 aliphatic heterocycles. The van der Waals surface area contributed by atoms with Crippen LogP contribution in [0.5, 0.6) is 0 Å². The smallest absolute Gasteiger partial charge is 0.414 e. The molecular formula is C18H34N4O6. The van der Waals surface area contributed by atoms with Crippen LogP contribution >= 0.6 is 0 Å². The van der Waals surface area contributed by atoms with E-state index in [9.17, 15) is 9.59 Å². The molecule has 0 saturated carbocycles. The Hall–Kier alpha value is -2.20. The standard InChI is InChI=1S/2C8H16N2O.C2H2O4/c2*1-7(11)10-4-2-8(6-9)3-5-10;3-1(4)2(5)6/h2*8H,2-6,9H2,1H3;(H,3,4)(H,5,6). The van der Waals surface area contributed by atoms with Crippen LogP contribution in [-0.4, -0.2) is 83.0 Å². The number of carboxylic acids is 2. The zero-order chi connectivity index (χ0) is 21.7. The summed E-state index contributed by atoms with van der Waals surface area (Å²) in [7, 11) is 0. The van der Waals surface area contributed by atoms with E-state index in [2.05, 4.69) is 0 Å². The number of hydrogen-bond acceptors (Lipinski definition) is 6. The third-order valence-corrected chi connectivity index (χ3v) is 4.97. The lowest BCUT2D eigenvalue weighted by Gasteiger charge is -2.30. The Morgan fingerprint density at radius 3 is 1.11 bits per heavy atom. The van der Waals surface area contributed by atoms with E-state index in [1.165, 1.54) is 0 Å². The van der Waals surface area contributed by atoms with Crippen molar-refractivity contribution in [3.05, 3.63) is 0 Å². The lowest BCUT2D eigenvalue weighted by molar-refractivity contribution is -0.159. The first-order chi connectivity index (χ1) is 13.1. The third-order valence-electron chi connectivity index (χ3n) is 4.97. The van der Waals surface area contributed by atoms with E-state index in [-0.39, 0.29) is 11.8 Å². The molecule has 2 rings (SSSR count). The van der Waals surface area contributed by atoms with E-state index in [0.717, 1.165) is 65.0 Å². The Labute approximate surface area is 165 Å². The van der Waals surface area contributed by atoms with E-state index in [1.807, 2.05) is 9.80 Å². The number of amides is 2. The van der Waals surface area contributed by atoms with Crippen molar-refractivity contribution in [2.75, 3.05) is 39.3 Å². The van der Waals surface area contributed by atoms with Crippen LogP contribution in [0.15, 0.2) is 0 Å². The van der Waals surface area contributed by atoms with Gasteiger partial charge in [-0.1, -0.05) is 0 Å². The number of hydrogen-bond donors (Lipinski definition) is 4. The molecule has 0 bridgehead atoms. The summed E-state index contributed by atoms with van der Waals surface area (Å²) in [4.78, 5) is 43.8. The summed E-state index contributed by atoms with van der Waals surface area (Å²) in [5.41, 5.74) is 11.0. The quantitative estimate of drug-likeness (QED) is 0.451. The number of carbonyl (C=O) groups excluding carboxylic acids is 2. The molecule has 6 N–H and O–H groups in total. The van der Waals surface area contributed by atoms with Crippen molar-refractivity contribution in [3.63, 3.8) is 0 Å². The van der Waals surface area contributed by atoms with Gasteiger partial charge in [0, 0.05) is 40.0 Å². The van der Waals surface area contributed by atoms with Crippen molar-refractivity contribution < 1.29 is 29.4 Å². The molecule has 0 unspecified atom stereocenters. The average molecular weight is 402 g/mol. The topological polar surface area (TPSA) is 167 Å². The predicted molar refractivity (Wildman–Crippen MR) is 103 cm³/mol. The Kier molecular flexibility index (Phi) is 12.8. The molecule has 2 amide bonds. The molecule has 0 atom stereocenters. The maximum atomic E-state index is 10.9. The number of carbonyl (C=O) groups is 4. The number of nitrogens with zero attached hydrogens (tertiary/aromatic N) is 2.